The minimum Gasteiger partial charge on any atom is -0.463 e. The van der Waals surface area contributed by atoms with Crippen LogP contribution in [0.5, 0.6) is 0 Å². The van der Waals surface area contributed by atoms with E-state index >= 15 is 0 Å². The van der Waals surface area contributed by atoms with Crippen molar-refractivity contribution in [3.63, 3.8) is 0 Å². The molecule has 0 saturated heterocycles. The second-order valence-electron chi connectivity index (χ2n) is 6.41. The largest absolute Gasteiger partial charge is 0.463 e. The normalized spacial score (nSPS) is 13.9. The van der Waals surface area contributed by atoms with Crippen LogP contribution in [0.1, 0.15) is 30.3 Å². The molecule has 0 radical (unpaired) electrons. The van der Waals surface area contributed by atoms with Crippen LogP contribution in [-0.4, -0.2) is 28.5 Å². The lowest BCUT2D eigenvalue weighted by molar-refractivity contribution is -0.139. The Morgan fingerprint density at radius 3 is 2.78 bits per heavy atom. The van der Waals surface area contributed by atoms with Crippen LogP contribution < -0.4 is 5.32 Å². The molecule has 0 saturated carbocycles. The van der Waals surface area contributed by atoms with Crippen molar-refractivity contribution in [3.8, 4) is 0 Å². The lowest BCUT2D eigenvalue weighted by atomic mass is 9.96. The molecule has 0 aliphatic carbocycles. The van der Waals surface area contributed by atoms with Gasteiger partial charge in [-0.15, -0.1) is 0 Å². The van der Waals surface area contributed by atoms with Crippen LogP contribution in [0, 0.1) is 6.92 Å². The average molecular weight is 361 g/mol. The summed E-state index contributed by atoms with van der Waals surface area (Å²) in [7, 11) is 0. The van der Waals surface area contributed by atoms with Crippen molar-refractivity contribution in [2.24, 2.45) is 0 Å². The number of aromatic nitrogens is 2. The number of fused-ring (bicyclic) bond motifs is 3. The quantitative estimate of drug-likeness (QED) is 0.699. The zero-order valence-electron chi connectivity index (χ0n) is 15.1. The van der Waals surface area contributed by atoms with Crippen LogP contribution in [0.3, 0.4) is 0 Å². The van der Waals surface area contributed by atoms with E-state index in [0.29, 0.717) is 22.5 Å². The number of aromatic amines is 1. The van der Waals surface area contributed by atoms with Crippen molar-refractivity contribution in [1.29, 1.82) is 0 Å². The highest BCUT2D eigenvalue weighted by Crippen LogP contribution is 2.40. The predicted molar refractivity (Wildman–Crippen MR) is 103 cm³/mol. The summed E-state index contributed by atoms with van der Waals surface area (Å²) >= 11 is 0. The zero-order chi connectivity index (χ0) is 19.0. The summed E-state index contributed by atoms with van der Waals surface area (Å²) in [5.74, 6) is -0.742. The van der Waals surface area contributed by atoms with Gasteiger partial charge >= 0.3 is 5.97 Å². The number of para-hydroxylation sites is 1. The number of carbonyl (C=O) groups is 2. The second kappa shape index (κ2) is 6.72. The van der Waals surface area contributed by atoms with E-state index in [2.05, 4.69) is 15.3 Å². The highest BCUT2D eigenvalue weighted by Gasteiger charge is 2.30. The highest BCUT2D eigenvalue weighted by atomic mass is 16.5. The second-order valence-corrected chi connectivity index (χ2v) is 6.41. The maximum absolute atomic E-state index is 12.7. The minimum atomic E-state index is -0.491. The first kappa shape index (κ1) is 17.0. The molecule has 3 heterocycles. The number of amides is 1. The third kappa shape index (κ3) is 2.99. The van der Waals surface area contributed by atoms with E-state index in [1.165, 1.54) is 0 Å². The van der Waals surface area contributed by atoms with Crippen LogP contribution in [0.15, 0.2) is 48.2 Å². The number of carbonyl (C=O) groups excluding carboxylic acids is 2. The van der Waals surface area contributed by atoms with E-state index < -0.39 is 5.97 Å². The molecule has 6 heteroatoms. The van der Waals surface area contributed by atoms with E-state index in [9.17, 15) is 9.59 Å². The minimum absolute atomic E-state index is 0.0567. The number of nitrogens with zero attached hydrogens (tertiary/aromatic N) is 1. The monoisotopic (exact) mass is 361 g/mol. The number of benzene rings is 1. The van der Waals surface area contributed by atoms with Gasteiger partial charge in [0.15, 0.2) is 0 Å². The van der Waals surface area contributed by atoms with Gasteiger partial charge in [-0.2, -0.15) is 0 Å². The molecule has 0 spiro atoms. The molecule has 0 bridgehead atoms. The van der Waals surface area contributed by atoms with E-state index in [1.54, 1.807) is 13.1 Å². The van der Waals surface area contributed by atoms with Crippen LogP contribution in [0.25, 0.3) is 16.5 Å². The van der Waals surface area contributed by atoms with Gasteiger partial charge in [-0.05, 0) is 26.0 Å². The van der Waals surface area contributed by atoms with Gasteiger partial charge in [0.25, 0.3) is 0 Å². The summed E-state index contributed by atoms with van der Waals surface area (Å²) in [5, 5.41) is 3.84. The number of nitrogens with one attached hydrogen (secondary N) is 2. The van der Waals surface area contributed by atoms with E-state index in [0.717, 1.165) is 22.2 Å². The van der Waals surface area contributed by atoms with Crippen LogP contribution in [0.4, 0.5) is 5.69 Å². The summed E-state index contributed by atoms with van der Waals surface area (Å²) in [5.41, 5.74) is 4.84. The summed E-state index contributed by atoms with van der Waals surface area (Å²) < 4.78 is 5.24. The molecule has 1 aliphatic rings. The van der Waals surface area contributed by atoms with Gasteiger partial charge in [0.1, 0.15) is 0 Å². The van der Waals surface area contributed by atoms with E-state index in [1.807, 2.05) is 43.3 Å². The molecule has 6 nitrogen and oxygen atoms in total. The molecule has 1 aliphatic heterocycles. The number of ether oxygens (including phenoxy) is 1. The molecule has 2 N–H and O–H groups in total. The SMILES string of the molecule is CCOC(=O)C1=C(c2ccc(C)nc2)c2[nH]c3ccccc3c2NC(=O)C1. The number of rotatable bonds is 3. The predicted octanol–water partition coefficient (Wildman–Crippen LogP) is 3.58. The van der Waals surface area contributed by atoms with Gasteiger partial charge in [0.05, 0.1) is 30.0 Å². The Bertz CT molecular complexity index is 1080. The van der Waals surface area contributed by atoms with Gasteiger partial charge in [-0.1, -0.05) is 24.3 Å². The van der Waals surface area contributed by atoms with Crippen LogP contribution in [0.2, 0.25) is 0 Å². The lowest BCUT2D eigenvalue weighted by Crippen LogP contribution is -2.16. The molecule has 4 rings (SSSR count). The molecule has 2 aromatic heterocycles. The fourth-order valence-electron chi connectivity index (χ4n) is 3.37. The zero-order valence-corrected chi connectivity index (χ0v) is 15.1. The van der Waals surface area contributed by atoms with Crippen LogP contribution in [-0.2, 0) is 14.3 Å². The standard InChI is InChI=1S/C21H19N3O3/c1-3-27-21(26)15-10-17(25)24-19-14-6-4-5-7-16(14)23-20(19)18(15)13-9-8-12(2)22-11-13/h4-9,11,23H,3,10H2,1-2H3,(H,24,25). The molecule has 0 unspecified atom stereocenters. The number of aryl methyl sites for hydroxylation is 1. The Balaban J connectivity index is 2.04. The summed E-state index contributed by atoms with van der Waals surface area (Å²) in [6.45, 7) is 3.89. The first-order valence-electron chi connectivity index (χ1n) is 8.82. The Hall–Kier alpha value is -3.41. The molecule has 3 aromatic rings. The van der Waals surface area contributed by atoms with Crippen molar-refractivity contribution < 1.29 is 14.3 Å². The summed E-state index contributed by atoms with van der Waals surface area (Å²) in [6.07, 6.45) is 1.66. The third-order valence-electron chi connectivity index (χ3n) is 4.58. The van der Waals surface area contributed by atoms with Crippen molar-refractivity contribution in [2.45, 2.75) is 20.3 Å². The highest BCUT2D eigenvalue weighted by molar-refractivity contribution is 6.16. The number of hydrogen-bond donors (Lipinski definition) is 2. The number of hydrogen-bond acceptors (Lipinski definition) is 4. The van der Waals surface area contributed by atoms with Gasteiger partial charge in [-0.25, -0.2) is 4.79 Å². The molecular weight excluding hydrogens is 342 g/mol. The summed E-state index contributed by atoms with van der Waals surface area (Å²) in [4.78, 5) is 33.0. The van der Waals surface area contributed by atoms with E-state index in [4.69, 9.17) is 4.74 Å². The average Bonchev–Trinajstić information content (AvgIpc) is 2.93. The fraction of sp³-hybridized carbons (Fsp3) is 0.190. The fourth-order valence-corrected chi connectivity index (χ4v) is 3.37. The maximum atomic E-state index is 12.7. The van der Waals surface area contributed by atoms with Crippen molar-refractivity contribution in [1.82, 2.24) is 9.97 Å². The molecule has 0 fully saturated rings. The number of esters is 1. The van der Waals surface area contributed by atoms with Crippen LogP contribution >= 0.6 is 0 Å². The van der Waals surface area contributed by atoms with E-state index in [-0.39, 0.29) is 18.9 Å². The summed E-state index contributed by atoms with van der Waals surface area (Å²) in [6, 6.07) is 11.5. The topological polar surface area (TPSA) is 84.1 Å². The Morgan fingerprint density at radius 2 is 2.04 bits per heavy atom. The van der Waals surface area contributed by atoms with Gasteiger partial charge < -0.3 is 15.0 Å². The first-order valence-corrected chi connectivity index (χ1v) is 8.82. The Kier molecular flexibility index (Phi) is 4.24. The molecule has 1 amide bonds. The third-order valence-corrected chi connectivity index (χ3v) is 4.58. The van der Waals surface area contributed by atoms with Crippen molar-refractivity contribution in [3.05, 3.63) is 65.1 Å². The molecule has 27 heavy (non-hydrogen) atoms. The Labute approximate surface area is 156 Å². The smallest absolute Gasteiger partial charge is 0.335 e. The molecular formula is C21H19N3O3. The first-order chi connectivity index (χ1) is 13.1. The molecule has 1 aromatic carbocycles. The Morgan fingerprint density at radius 1 is 1.22 bits per heavy atom. The van der Waals surface area contributed by atoms with Crippen molar-refractivity contribution in [2.75, 3.05) is 11.9 Å². The number of pyridine rings is 1. The van der Waals surface area contributed by atoms with Gasteiger partial charge in [0, 0.05) is 33.9 Å². The number of anilines is 1. The van der Waals surface area contributed by atoms with Gasteiger partial charge in [-0.3, -0.25) is 9.78 Å². The lowest BCUT2D eigenvalue weighted by Gasteiger charge is -2.12. The molecule has 136 valence electrons. The molecule has 0 atom stereocenters. The number of H-pyrrole nitrogens is 1. The van der Waals surface area contributed by atoms with Crippen molar-refractivity contribution >= 4 is 34.0 Å². The van der Waals surface area contributed by atoms with Gasteiger partial charge in [0.2, 0.25) is 5.91 Å². The maximum Gasteiger partial charge on any atom is 0.335 e.